The zero-order chi connectivity index (χ0) is 11.7. The zero-order valence-electron chi connectivity index (χ0n) is 8.84. The van der Waals surface area contributed by atoms with E-state index >= 15 is 0 Å². The van der Waals surface area contributed by atoms with Crippen LogP contribution in [-0.2, 0) is 0 Å². The standard InChI is InChI=1S/C11H12N4O/c1-7(16)8-4-9(12)10(13)5-11(8)15-3-2-14-6-15/h2-6H,12-13H2,1H3. The molecule has 0 saturated heterocycles. The van der Waals surface area contributed by atoms with Gasteiger partial charge in [0.15, 0.2) is 5.78 Å². The monoisotopic (exact) mass is 216 g/mol. The Balaban J connectivity index is 2.68. The van der Waals surface area contributed by atoms with Crippen molar-refractivity contribution >= 4 is 17.2 Å². The number of carbonyl (C=O) groups excluding carboxylic acids is 1. The van der Waals surface area contributed by atoms with Gasteiger partial charge in [0, 0.05) is 18.0 Å². The minimum absolute atomic E-state index is 0.0598. The number of hydrogen-bond acceptors (Lipinski definition) is 4. The zero-order valence-corrected chi connectivity index (χ0v) is 8.84. The first kappa shape index (κ1) is 10.2. The number of anilines is 2. The molecule has 0 amide bonds. The number of nitrogen functional groups attached to an aromatic ring is 2. The number of benzene rings is 1. The maximum atomic E-state index is 11.5. The van der Waals surface area contributed by atoms with Gasteiger partial charge in [-0.15, -0.1) is 0 Å². The fraction of sp³-hybridized carbons (Fsp3) is 0.0909. The molecule has 2 rings (SSSR count). The third-order valence-corrected chi connectivity index (χ3v) is 2.36. The van der Waals surface area contributed by atoms with E-state index in [1.807, 2.05) is 0 Å². The second-order valence-electron chi connectivity index (χ2n) is 3.52. The van der Waals surface area contributed by atoms with E-state index in [1.165, 1.54) is 6.92 Å². The first-order valence-electron chi connectivity index (χ1n) is 4.78. The van der Waals surface area contributed by atoms with E-state index in [2.05, 4.69) is 4.98 Å². The van der Waals surface area contributed by atoms with Crippen LogP contribution in [0, 0.1) is 0 Å². The Bertz CT molecular complexity index is 531. The van der Waals surface area contributed by atoms with Crippen molar-refractivity contribution in [1.82, 2.24) is 9.55 Å². The molecule has 0 saturated carbocycles. The molecule has 0 atom stereocenters. The van der Waals surface area contributed by atoms with Gasteiger partial charge in [0.1, 0.15) is 0 Å². The van der Waals surface area contributed by atoms with E-state index < -0.39 is 0 Å². The molecule has 5 heteroatoms. The van der Waals surface area contributed by atoms with Crippen LogP contribution >= 0.6 is 0 Å². The van der Waals surface area contributed by atoms with Crippen molar-refractivity contribution in [1.29, 1.82) is 0 Å². The van der Waals surface area contributed by atoms with Gasteiger partial charge in [0.2, 0.25) is 0 Å². The first-order chi connectivity index (χ1) is 7.59. The molecule has 0 radical (unpaired) electrons. The first-order valence-corrected chi connectivity index (χ1v) is 4.78. The lowest BCUT2D eigenvalue weighted by atomic mass is 10.1. The summed E-state index contributed by atoms with van der Waals surface area (Å²) in [5.74, 6) is -0.0598. The van der Waals surface area contributed by atoms with Crippen LogP contribution in [0.25, 0.3) is 5.69 Å². The number of nitrogens with zero attached hydrogens (tertiary/aromatic N) is 2. The predicted octanol–water partition coefficient (Wildman–Crippen LogP) is 1.24. The molecule has 0 fully saturated rings. The number of nitrogens with two attached hydrogens (primary N) is 2. The SMILES string of the molecule is CC(=O)c1cc(N)c(N)cc1-n1ccnc1. The highest BCUT2D eigenvalue weighted by molar-refractivity contribution is 5.99. The number of Topliss-reactive ketones (excluding diaryl/α,β-unsaturated/α-hetero) is 1. The summed E-state index contributed by atoms with van der Waals surface area (Å²) in [6.07, 6.45) is 4.99. The Morgan fingerprint density at radius 3 is 2.56 bits per heavy atom. The molecule has 2 aromatic rings. The Kier molecular flexibility index (Phi) is 2.36. The summed E-state index contributed by atoms with van der Waals surface area (Å²) in [5.41, 5.74) is 13.5. The van der Waals surface area contributed by atoms with Crippen LogP contribution in [0.4, 0.5) is 11.4 Å². The van der Waals surface area contributed by atoms with E-state index in [4.69, 9.17) is 11.5 Å². The largest absolute Gasteiger partial charge is 0.397 e. The number of rotatable bonds is 2. The van der Waals surface area contributed by atoms with Gasteiger partial charge < -0.3 is 16.0 Å². The highest BCUT2D eigenvalue weighted by Gasteiger charge is 2.11. The third kappa shape index (κ3) is 1.63. The number of hydrogen-bond donors (Lipinski definition) is 2. The lowest BCUT2D eigenvalue weighted by Gasteiger charge is -2.10. The number of ketones is 1. The average Bonchev–Trinajstić information content (AvgIpc) is 2.74. The normalized spacial score (nSPS) is 10.3. The van der Waals surface area contributed by atoms with Crippen LogP contribution in [0.1, 0.15) is 17.3 Å². The highest BCUT2D eigenvalue weighted by atomic mass is 16.1. The molecule has 0 bridgehead atoms. The molecule has 1 heterocycles. The Morgan fingerprint density at radius 1 is 1.31 bits per heavy atom. The Hall–Kier alpha value is -2.30. The summed E-state index contributed by atoms with van der Waals surface area (Å²) < 4.78 is 1.73. The van der Waals surface area contributed by atoms with Crippen LogP contribution in [0.3, 0.4) is 0 Å². The summed E-state index contributed by atoms with van der Waals surface area (Å²) in [7, 11) is 0. The van der Waals surface area contributed by atoms with E-state index in [0.29, 0.717) is 22.6 Å². The maximum absolute atomic E-state index is 11.5. The van der Waals surface area contributed by atoms with Gasteiger partial charge in [0.05, 0.1) is 23.4 Å². The van der Waals surface area contributed by atoms with Gasteiger partial charge in [-0.2, -0.15) is 0 Å². The topological polar surface area (TPSA) is 86.9 Å². The fourth-order valence-electron chi connectivity index (χ4n) is 1.52. The summed E-state index contributed by atoms with van der Waals surface area (Å²) in [4.78, 5) is 15.4. The molecule has 0 aliphatic rings. The smallest absolute Gasteiger partial charge is 0.161 e. The number of carbonyl (C=O) groups is 1. The Labute approximate surface area is 92.7 Å². The van der Waals surface area contributed by atoms with Crippen molar-refractivity contribution in [2.75, 3.05) is 11.5 Å². The molecular weight excluding hydrogens is 204 g/mol. The van der Waals surface area contributed by atoms with Gasteiger partial charge in [-0.05, 0) is 19.1 Å². The van der Waals surface area contributed by atoms with Crippen molar-refractivity contribution < 1.29 is 4.79 Å². The van der Waals surface area contributed by atoms with E-state index in [-0.39, 0.29) is 5.78 Å². The van der Waals surface area contributed by atoms with Gasteiger partial charge in [-0.3, -0.25) is 4.79 Å². The van der Waals surface area contributed by atoms with Crippen molar-refractivity contribution in [3.05, 3.63) is 36.4 Å². The predicted molar refractivity (Wildman–Crippen MR) is 62.4 cm³/mol. The van der Waals surface area contributed by atoms with Crippen LogP contribution in [0.2, 0.25) is 0 Å². The third-order valence-electron chi connectivity index (χ3n) is 2.36. The van der Waals surface area contributed by atoms with Gasteiger partial charge >= 0.3 is 0 Å². The molecule has 5 nitrogen and oxygen atoms in total. The number of aromatic nitrogens is 2. The molecule has 4 N–H and O–H groups in total. The average molecular weight is 216 g/mol. The lowest BCUT2D eigenvalue weighted by Crippen LogP contribution is -2.06. The molecular formula is C11H12N4O. The van der Waals surface area contributed by atoms with Crippen molar-refractivity contribution in [3.8, 4) is 5.69 Å². The minimum Gasteiger partial charge on any atom is -0.397 e. The molecule has 1 aromatic heterocycles. The van der Waals surface area contributed by atoms with Gasteiger partial charge in [0.25, 0.3) is 0 Å². The van der Waals surface area contributed by atoms with Crippen LogP contribution in [0.5, 0.6) is 0 Å². The minimum atomic E-state index is -0.0598. The quantitative estimate of drug-likeness (QED) is 0.584. The second kappa shape index (κ2) is 3.69. The molecule has 0 unspecified atom stereocenters. The summed E-state index contributed by atoms with van der Waals surface area (Å²) >= 11 is 0. The van der Waals surface area contributed by atoms with Gasteiger partial charge in [-0.1, -0.05) is 0 Å². The Morgan fingerprint density at radius 2 is 2.00 bits per heavy atom. The molecule has 82 valence electrons. The summed E-state index contributed by atoms with van der Waals surface area (Å²) in [6.45, 7) is 1.49. The molecule has 0 aliphatic carbocycles. The van der Waals surface area contributed by atoms with Crippen LogP contribution < -0.4 is 11.5 Å². The van der Waals surface area contributed by atoms with E-state index in [0.717, 1.165) is 0 Å². The van der Waals surface area contributed by atoms with Crippen LogP contribution in [0.15, 0.2) is 30.9 Å². The van der Waals surface area contributed by atoms with E-state index in [9.17, 15) is 4.79 Å². The molecule has 1 aromatic carbocycles. The summed E-state index contributed by atoms with van der Waals surface area (Å²) in [5, 5.41) is 0. The molecule has 0 aliphatic heterocycles. The maximum Gasteiger partial charge on any atom is 0.161 e. The lowest BCUT2D eigenvalue weighted by molar-refractivity contribution is 0.101. The van der Waals surface area contributed by atoms with Crippen molar-refractivity contribution in [3.63, 3.8) is 0 Å². The number of imidazole rings is 1. The molecule has 0 spiro atoms. The summed E-state index contributed by atoms with van der Waals surface area (Å²) in [6, 6.07) is 3.26. The van der Waals surface area contributed by atoms with Crippen molar-refractivity contribution in [2.24, 2.45) is 0 Å². The molecule has 16 heavy (non-hydrogen) atoms. The van der Waals surface area contributed by atoms with Crippen molar-refractivity contribution in [2.45, 2.75) is 6.92 Å². The van der Waals surface area contributed by atoms with Gasteiger partial charge in [-0.25, -0.2) is 4.98 Å². The van der Waals surface area contributed by atoms with Crippen LogP contribution in [-0.4, -0.2) is 15.3 Å². The second-order valence-corrected chi connectivity index (χ2v) is 3.52. The fourth-order valence-corrected chi connectivity index (χ4v) is 1.52. The highest BCUT2D eigenvalue weighted by Crippen LogP contribution is 2.24. The van der Waals surface area contributed by atoms with E-state index in [1.54, 1.807) is 35.4 Å².